The van der Waals surface area contributed by atoms with Gasteiger partial charge in [-0.2, -0.15) is 0 Å². The zero-order chi connectivity index (χ0) is 13.5. The van der Waals surface area contributed by atoms with Gasteiger partial charge in [-0.1, -0.05) is 38.5 Å². The average molecular weight is 283 g/mol. The van der Waals surface area contributed by atoms with E-state index in [1.54, 1.807) is 13.4 Å². The summed E-state index contributed by atoms with van der Waals surface area (Å²) in [6.45, 7) is 0. The topological polar surface area (TPSA) is 35.0 Å². The van der Waals surface area contributed by atoms with Crippen LogP contribution in [0.25, 0.3) is 0 Å². The lowest BCUT2D eigenvalue weighted by Crippen LogP contribution is -2.12. The molecule has 0 aromatic carbocycles. The zero-order valence-corrected chi connectivity index (χ0v) is 12.4. The molecule has 1 atom stereocenters. The molecule has 0 aliphatic heterocycles. The highest BCUT2D eigenvalue weighted by atomic mass is 35.5. The van der Waals surface area contributed by atoms with E-state index in [0.717, 1.165) is 24.5 Å². The maximum atomic E-state index is 6.50. The van der Waals surface area contributed by atoms with Gasteiger partial charge < -0.3 is 4.74 Å². The molecule has 1 aromatic rings. The van der Waals surface area contributed by atoms with Crippen molar-refractivity contribution in [2.45, 2.75) is 56.7 Å². The SMILES string of the molecule is COc1cc(CC(Cl)CC2CCCCCC2)ncn1. The molecule has 3 nitrogen and oxygen atoms in total. The van der Waals surface area contributed by atoms with Gasteiger partial charge in [-0.25, -0.2) is 9.97 Å². The van der Waals surface area contributed by atoms with E-state index in [2.05, 4.69) is 9.97 Å². The van der Waals surface area contributed by atoms with Crippen LogP contribution in [0.3, 0.4) is 0 Å². The summed E-state index contributed by atoms with van der Waals surface area (Å²) in [7, 11) is 1.62. The van der Waals surface area contributed by atoms with Crippen LogP contribution >= 0.6 is 11.6 Å². The highest BCUT2D eigenvalue weighted by molar-refractivity contribution is 6.20. The summed E-state index contributed by atoms with van der Waals surface area (Å²) in [6.07, 6.45) is 11.7. The number of methoxy groups -OCH3 is 1. The maximum Gasteiger partial charge on any atom is 0.216 e. The minimum atomic E-state index is 0.169. The second-order valence-corrected chi connectivity index (χ2v) is 6.06. The van der Waals surface area contributed by atoms with Crippen LogP contribution < -0.4 is 4.74 Å². The molecule has 1 fully saturated rings. The Balaban J connectivity index is 1.83. The van der Waals surface area contributed by atoms with Gasteiger partial charge in [-0.3, -0.25) is 0 Å². The first-order valence-corrected chi connectivity index (χ1v) is 7.70. The van der Waals surface area contributed by atoms with Crippen LogP contribution in [-0.4, -0.2) is 22.5 Å². The molecule has 0 amide bonds. The van der Waals surface area contributed by atoms with Gasteiger partial charge in [0.2, 0.25) is 5.88 Å². The smallest absolute Gasteiger partial charge is 0.216 e. The van der Waals surface area contributed by atoms with Gasteiger partial charge in [0.25, 0.3) is 0 Å². The van der Waals surface area contributed by atoms with E-state index in [1.165, 1.54) is 38.5 Å². The van der Waals surface area contributed by atoms with Gasteiger partial charge in [0.1, 0.15) is 6.33 Å². The van der Waals surface area contributed by atoms with E-state index in [-0.39, 0.29) is 5.38 Å². The zero-order valence-electron chi connectivity index (χ0n) is 11.6. The first-order valence-electron chi connectivity index (χ1n) is 7.27. The normalized spacial score (nSPS) is 18.8. The quantitative estimate of drug-likeness (QED) is 0.605. The summed E-state index contributed by atoms with van der Waals surface area (Å²) in [6, 6.07) is 1.88. The number of nitrogens with zero attached hydrogens (tertiary/aromatic N) is 2. The summed E-state index contributed by atoms with van der Waals surface area (Å²) in [5, 5.41) is 0.169. The Labute approximate surface area is 120 Å². The van der Waals surface area contributed by atoms with Gasteiger partial charge in [-0.15, -0.1) is 11.6 Å². The summed E-state index contributed by atoms with van der Waals surface area (Å²) < 4.78 is 5.11. The van der Waals surface area contributed by atoms with Gasteiger partial charge in [-0.05, 0) is 12.3 Å². The first-order chi connectivity index (χ1) is 9.28. The van der Waals surface area contributed by atoms with E-state index in [1.807, 2.05) is 6.07 Å². The third-order valence-electron chi connectivity index (χ3n) is 3.90. The summed E-state index contributed by atoms with van der Waals surface area (Å²) in [4.78, 5) is 8.28. The van der Waals surface area contributed by atoms with E-state index in [9.17, 15) is 0 Å². The highest BCUT2D eigenvalue weighted by Gasteiger charge is 2.17. The fourth-order valence-electron chi connectivity index (χ4n) is 2.87. The fourth-order valence-corrected chi connectivity index (χ4v) is 3.28. The number of alkyl halides is 1. The van der Waals surface area contributed by atoms with Crippen LogP contribution in [0, 0.1) is 5.92 Å². The van der Waals surface area contributed by atoms with Crippen molar-refractivity contribution in [2.24, 2.45) is 5.92 Å². The monoisotopic (exact) mass is 282 g/mol. The molecule has 19 heavy (non-hydrogen) atoms. The molecule has 0 N–H and O–H groups in total. The highest BCUT2D eigenvalue weighted by Crippen LogP contribution is 2.28. The summed E-state index contributed by atoms with van der Waals surface area (Å²) >= 11 is 6.50. The molecule has 0 bridgehead atoms. The Morgan fingerprint density at radius 3 is 2.68 bits per heavy atom. The second kappa shape index (κ2) is 7.68. The molecule has 4 heteroatoms. The molecule has 2 rings (SSSR count). The van der Waals surface area contributed by atoms with E-state index < -0.39 is 0 Å². The third kappa shape index (κ3) is 4.98. The molecule has 0 spiro atoms. The van der Waals surface area contributed by atoms with Crippen LogP contribution in [0.2, 0.25) is 0 Å². The number of hydrogen-bond donors (Lipinski definition) is 0. The van der Waals surface area contributed by atoms with Crippen molar-refractivity contribution >= 4 is 11.6 Å². The van der Waals surface area contributed by atoms with Crippen molar-refractivity contribution in [3.8, 4) is 5.88 Å². The van der Waals surface area contributed by atoms with E-state index in [0.29, 0.717) is 5.88 Å². The minimum absolute atomic E-state index is 0.169. The minimum Gasteiger partial charge on any atom is -0.481 e. The Bertz CT molecular complexity index is 378. The number of hydrogen-bond acceptors (Lipinski definition) is 3. The Morgan fingerprint density at radius 1 is 1.26 bits per heavy atom. The second-order valence-electron chi connectivity index (χ2n) is 5.45. The van der Waals surface area contributed by atoms with Gasteiger partial charge >= 0.3 is 0 Å². The molecule has 106 valence electrons. The van der Waals surface area contributed by atoms with Crippen LogP contribution in [0.1, 0.15) is 50.6 Å². The molecule has 0 radical (unpaired) electrons. The van der Waals surface area contributed by atoms with Crippen LogP contribution in [0.4, 0.5) is 0 Å². The Kier molecular flexibility index (Phi) is 5.90. The van der Waals surface area contributed by atoms with Crippen LogP contribution in [-0.2, 0) is 6.42 Å². The van der Waals surface area contributed by atoms with E-state index in [4.69, 9.17) is 16.3 Å². The number of aromatic nitrogens is 2. The molecule has 1 aromatic heterocycles. The maximum absolute atomic E-state index is 6.50. The molecule has 1 aliphatic carbocycles. The molecule has 0 saturated heterocycles. The molecule has 1 heterocycles. The average Bonchev–Trinajstić information content (AvgIpc) is 2.67. The largest absolute Gasteiger partial charge is 0.481 e. The predicted molar refractivity (Wildman–Crippen MR) is 77.7 cm³/mol. The molecular weight excluding hydrogens is 260 g/mol. The molecule has 1 saturated carbocycles. The van der Waals surface area contributed by atoms with Gasteiger partial charge in [0, 0.05) is 23.6 Å². The number of ether oxygens (including phenoxy) is 1. The lowest BCUT2D eigenvalue weighted by Gasteiger charge is -2.17. The van der Waals surface area contributed by atoms with Crippen molar-refractivity contribution in [3.63, 3.8) is 0 Å². The third-order valence-corrected chi connectivity index (χ3v) is 4.23. The standard InChI is InChI=1S/C15H23ClN2O/c1-19-15-10-14(17-11-18-15)9-13(16)8-12-6-4-2-3-5-7-12/h10-13H,2-9H2,1H3. The van der Waals surface area contributed by atoms with Gasteiger partial charge in [0.15, 0.2) is 0 Å². The molecular formula is C15H23ClN2O. The van der Waals surface area contributed by atoms with Gasteiger partial charge in [0.05, 0.1) is 7.11 Å². The Morgan fingerprint density at radius 2 is 2.00 bits per heavy atom. The van der Waals surface area contributed by atoms with Crippen LogP contribution in [0.15, 0.2) is 12.4 Å². The lowest BCUT2D eigenvalue weighted by atomic mass is 9.93. The molecule has 1 unspecified atom stereocenters. The Hall–Kier alpha value is -0.830. The fraction of sp³-hybridized carbons (Fsp3) is 0.733. The van der Waals surface area contributed by atoms with E-state index >= 15 is 0 Å². The van der Waals surface area contributed by atoms with Crippen molar-refractivity contribution in [2.75, 3.05) is 7.11 Å². The molecule has 1 aliphatic rings. The predicted octanol–water partition coefficient (Wildman–Crippen LogP) is 4.00. The number of halogens is 1. The van der Waals surface area contributed by atoms with Crippen molar-refractivity contribution in [3.05, 3.63) is 18.1 Å². The summed E-state index contributed by atoms with van der Waals surface area (Å²) in [5.74, 6) is 1.41. The van der Waals surface area contributed by atoms with Crippen molar-refractivity contribution in [1.29, 1.82) is 0 Å². The van der Waals surface area contributed by atoms with Crippen LogP contribution in [0.5, 0.6) is 5.88 Å². The lowest BCUT2D eigenvalue weighted by molar-refractivity contribution is 0.394. The number of rotatable bonds is 5. The first kappa shape index (κ1) is 14.6. The van der Waals surface area contributed by atoms with Crippen molar-refractivity contribution in [1.82, 2.24) is 9.97 Å². The summed E-state index contributed by atoms with van der Waals surface area (Å²) in [5.41, 5.74) is 0.973. The van der Waals surface area contributed by atoms with Crippen molar-refractivity contribution < 1.29 is 4.74 Å².